The first-order valence-electron chi connectivity index (χ1n) is 10.1. The van der Waals surface area contributed by atoms with Crippen LogP contribution < -0.4 is 10.6 Å². The number of carbonyl (C=O) groups excluding carboxylic acids is 1. The molecule has 0 fully saturated rings. The van der Waals surface area contributed by atoms with Gasteiger partial charge in [-0.05, 0) is 44.2 Å². The molecule has 3 aromatic rings. The van der Waals surface area contributed by atoms with Crippen LogP contribution in [0.2, 0.25) is 0 Å². The molecule has 0 aliphatic carbocycles. The van der Waals surface area contributed by atoms with E-state index in [0.717, 1.165) is 18.2 Å². The Morgan fingerprint density at radius 3 is 2.41 bits per heavy atom. The first-order chi connectivity index (χ1) is 15.9. The van der Waals surface area contributed by atoms with E-state index >= 15 is 0 Å². The van der Waals surface area contributed by atoms with E-state index in [1.54, 1.807) is 13.8 Å². The summed E-state index contributed by atoms with van der Waals surface area (Å²) in [6, 6.07) is 6.78. The van der Waals surface area contributed by atoms with Crippen molar-refractivity contribution in [2.45, 2.75) is 32.6 Å². The second-order valence-corrected chi connectivity index (χ2v) is 7.46. The zero-order chi connectivity index (χ0) is 25.1. The van der Waals surface area contributed by atoms with Gasteiger partial charge in [0.2, 0.25) is 5.91 Å². The highest BCUT2D eigenvalue weighted by Gasteiger charge is 2.34. The van der Waals surface area contributed by atoms with Crippen molar-refractivity contribution in [2.24, 2.45) is 0 Å². The zero-order valence-corrected chi connectivity index (χ0v) is 18.2. The lowest BCUT2D eigenvalue weighted by Crippen LogP contribution is -2.30. The van der Waals surface area contributed by atoms with Gasteiger partial charge in [-0.15, -0.1) is 0 Å². The minimum atomic E-state index is -4.56. The largest absolute Gasteiger partial charge is 0.419 e. The average molecular weight is 485 g/mol. The molecule has 0 saturated carbocycles. The van der Waals surface area contributed by atoms with Gasteiger partial charge in [-0.2, -0.15) is 31.4 Å². The highest BCUT2D eigenvalue weighted by Crippen LogP contribution is 2.33. The molecule has 3 rings (SSSR count). The van der Waals surface area contributed by atoms with Gasteiger partial charge >= 0.3 is 12.4 Å². The van der Waals surface area contributed by atoms with Gasteiger partial charge in [0, 0.05) is 30.5 Å². The van der Waals surface area contributed by atoms with E-state index in [4.69, 9.17) is 0 Å². The SMILES string of the molecule is Cc1nn(-c2cccc(C(F)(F)F)c2)c(C)c1CC(=O)NCCNc1ncccc1C(F)(F)F. The Balaban J connectivity index is 1.62. The van der Waals surface area contributed by atoms with Crippen LogP contribution in [0.15, 0.2) is 42.6 Å². The number of anilines is 1. The van der Waals surface area contributed by atoms with Crippen molar-refractivity contribution in [3.8, 4) is 5.69 Å². The maximum absolute atomic E-state index is 13.0. The third-order valence-electron chi connectivity index (χ3n) is 5.05. The smallest absolute Gasteiger partial charge is 0.368 e. The number of aromatic nitrogens is 3. The third-order valence-corrected chi connectivity index (χ3v) is 5.05. The zero-order valence-electron chi connectivity index (χ0n) is 18.2. The van der Waals surface area contributed by atoms with E-state index in [0.29, 0.717) is 17.0 Å². The lowest BCUT2D eigenvalue weighted by Gasteiger charge is -2.13. The number of amides is 1. The molecule has 6 nitrogen and oxygen atoms in total. The van der Waals surface area contributed by atoms with Crippen LogP contribution in [0.25, 0.3) is 5.69 Å². The molecule has 2 heterocycles. The maximum atomic E-state index is 13.0. The summed E-state index contributed by atoms with van der Waals surface area (Å²) >= 11 is 0. The highest BCUT2D eigenvalue weighted by molar-refractivity contribution is 5.79. The lowest BCUT2D eigenvalue weighted by molar-refractivity contribution is -0.138. The number of nitrogens with one attached hydrogen (secondary N) is 2. The first kappa shape index (κ1) is 25.1. The summed E-state index contributed by atoms with van der Waals surface area (Å²) in [5.41, 5.74) is 0.0227. The molecular weight excluding hydrogens is 464 g/mol. The van der Waals surface area contributed by atoms with E-state index in [1.807, 2.05) is 0 Å². The van der Waals surface area contributed by atoms with Crippen molar-refractivity contribution in [1.82, 2.24) is 20.1 Å². The summed E-state index contributed by atoms with van der Waals surface area (Å²) in [5, 5.41) is 9.41. The number of rotatable bonds is 7. The summed E-state index contributed by atoms with van der Waals surface area (Å²) in [4.78, 5) is 16.0. The molecule has 0 unspecified atom stereocenters. The van der Waals surface area contributed by atoms with Crippen LogP contribution in [0.5, 0.6) is 0 Å². The van der Waals surface area contributed by atoms with Crippen LogP contribution >= 0.6 is 0 Å². The van der Waals surface area contributed by atoms with E-state index in [9.17, 15) is 31.1 Å². The Hall–Kier alpha value is -3.57. The van der Waals surface area contributed by atoms with E-state index in [-0.39, 0.29) is 31.0 Å². The van der Waals surface area contributed by atoms with Crippen LogP contribution in [-0.4, -0.2) is 33.8 Å². The summed E-state index contributed by atoms with van der Waals surface area (Å²) in [6.07, 6.45) is -7.93. The molecule has 1 amide bonds. The fourth-order valence-corrected chi connectivity index (χ4v) is 3.38. The topological polar surface area (TPSA) is 71.8 Å². The molecule has 12 heteroatoms. The van der Waals surface area contributed by atoms with E-state index < -0.39 is 29.4 Å². The molecule has 0 radical (unpaired) electrons. The van der Waals surface area contributed by atoms with Crippen molar-refractivity contribution in [3.63, 3.8) is 0 Å². The molecule has 0 spiro atoms. The van der Waals surface area contributed by atoms with Crippen molar-refractivity contribution in [1.29, 1.82) is 0 Å². The molecule has 1 aromatic carbocycles. The molecule has 0 aliphatic rings. The molecule has 2 aromatic heterocycles. The number of nitrogens with zero attached hydrogens (tertiary/aromatic N) is 3. The van der Waals surface area contributed by atoms with Gasteiger partial charge in [0.05, 0.1) is 28.9 Å². The number of benzene rings is 1. The van der Waals surface area contributed by atoms with Crippen molar-refractivity contribution < 1.29 is 31.1 Å². The third kappa shape index (κ3) is 5.86. The van der Waals surface area contributed by atoms with E-state index in [2.05, 4.69) is 20.7 Å². The number of aryl methyl sites for hydroxylation is 1. The number of alkyl halides is 6. The number of hydrogen-bond acceptors (Lipinski definition) is 4. The molecule has 34 heavy (non-hydrogen) atoms. The Kier molecular flexibility index (Phi) is 7.18. The maximum Gasteiger partial charge on any atom is 0.419 e. The molecular formula is C22H21F6N5O. The van der Waals surface area contributed by atoms with Crippen LogP contribution in [0.1, 0.15) is 28.1 Å². The fraction of sp³-hybridized carbons (Fsp3) is 0.318. The normalized spacial score (nSPS) is 12.0. The van der Waals surface area contributed by atoms with Crippen LogP contribution in [0.3, 0.4) is 0 Å². The molecule has 0 saturated heterocycles. The molecule has 0 atom stereocenters. The minimum Gasteiger partial charge on any atom is -0.368 e. The Bertz CT molecular complexity index is 1170. The minimum absolute atomic E-state index is 0.00724. The van der Waals surface area contributed by atoms with Crippen LogP contribution in [-0.2, 0) is 23.6 Å². The van der Waals surface area contributed by atoms with Crippen molar-refractivity contribution in [3.05, 3.63) is 70.7 Å². The van der Waals surface area contributed by atoms with Gasteiger partial charge in [0.25, 0.3) is 0 Å². The van der Waals surface area contributed by atoms with Crippen LogP contribution in [0, 0.1) is 13.8 Å². The van der Waals surface area contributed by atoms with E-state index in [1.165, 1.54) is 29.1 Å². The highest BCUT2D eigenvalue weighted by atomic mass is 19.4. The monoisotopic (exact) mass is 485 g/mol. The molecule has 182 valence electrons. The fourth-order valence-electron chi connectivity index (χ4n) is 3.38. The van der Waals surface area contributed by atoms with Crippen molar-refractivity contribution >= 4 is 11.7 Å². The summed E-state index contributed by atoms with van der Waals surface area (Å²) < 4.78 is 79.4. The predicted molar refractivity (Wildman–Crippen MR) is 112 cm³/mol. The van der Waals surface area contributed by atoms with Gasteiger partial charge < -0.3 is 10.6 Å². The predicted octanol–water partition coefficient (Wildman–Crippen LogP) is 4.69. The summed E-state index contributed by atoms with van der Waals surface area (Å²) in [7, 11) is 0. The van der Waals surface area contributed by atoms with Gasteiger partial charge in [-0.1, -0.05) is 6.07 Å². The van der Waals surface area contributed by atoms with Gasteiger partial charge in [0.1, 0.15) is 5.82 Å². The first-order valence-corrected chi connectivity index (χ1v) is 10.1. The Labute approximate surface area is 191 Å². The number of carbonyl (C=O) groups is 1. The van der Waals surface area contributed by atoms with Crippen molar-refractivity contribution in [2.75, 3.05) is 18.4 Å². The number of hydrogen-bond donors (Lipinski definition) is 2. The lowest BCUT2D eigenvalue weighted by atomic mass is 10.1. The summed E-state index contributed by atoms with van der Waals surface area (Å²) in [6.45, 7) is 3.32. The number of pyridine rings is 1. The average Bonchev–Trinajstić information content (AvgIpc) is 3.04. The molecule has 2 N–H and O–H groups in total. The second kappa shape index (κ2) is 9.74. The number of halogens is 6. The Morgan fingerprint density at radius 1 is 1.00 bits per heavy atom. The molecule has 0 bridgehead atoms. The quantitative estimate of drug-likeness (QED) is 0.376. The van der Waals surface area contributed by atoms with Gasteiger partial charge in [-0.3, -0.25) is 4.79 Å². The van der Waals surface area contributed by atoms with Gasteiger partial charge in [0.15, 0.2) is 0 Å². The Morgan fingerprint density at radius 2 is 1.74 bits per heavy atom. The van der Waals surface area contributed by atoms with Crippen LogP contribution in [0.4, 0.5) is 32.2 Å². The second-order valence-electron chi connectivity index (χ2n) is 7.46. The molecule has 0 aliphatic heterocycles. The van der Waals surface area contributed by atoms with Gasteiger partial charge in [-0.25, -0.2) is 9.67 Å². The standard InChI is InChI=1S/C22H21F6N5O/c1-13-17(14(2)33(32-13)16-6-3-5-15(11-16)21(23,24)25)12-19(34)29-9-10-31-20-18(22(26,27)28)7-4-8-30-20/h3-8,11H,9-10,12H2,1-2H3,(H,29,34)(H,30,31). The summed E-state index contributed by atoms with van der Waals surface area (Å²) in [5.74, 6) is -0.744.